The number of amides is 1. The number of fused-ring (bicyclic) bond motifs is 1. The Morgan fingerprint density at radius 1 is 1.31 bits per heavy atom. The van der Waals surface area contributed by atoms with Crippen molar-refractivity contribution in [3.63, 3.8) is 0 Å². The lowest BCUT2D eigenvalue weighted by molar-refractivity contribution is -0.137. The Labute approximate surface area is 168 Å². The van der Waals surface area contributed by atoms with Crippen molar-refractivity contribution in [1.29, 1.82) is 0 Å². The zero-order valence-corrected chi connectivity index (χ0v) is 16.6. The largest absolute Gasteiger partial charge is 0.418 e. The highest BCUT2D eigenvalue weighted by Crippen LogP contribution is 2.34. The molecule has 2 heterocycles. The zero-order valence-electron chi connectivity index (χ0n) is 15.8. The molecule has 10 heteroatoms. The fourth-order valence-electron chi connectivity index (χ4n) is 2.92. The van der Waals surface area contributed by atoms with Crippen LogP contribution in [0.2, 0.25) is 0 Å². The first-order chi connectivity index (χ1) is 13.7. The van der Waals surface area contributed by atoms with Gasteiger partial charge in [0.2, 0.25) is 5.91 Å². The van der Waals surface area contributed by atoms with Crippen molar-refractivity contribution in [3.05, 3.63) is 63.0 Å². The molecule has 3 rings (SSSR count). The first-order valence-electron chi connectivity index (χ1n) is 8.84. The van der Waals surface area contributed by atoms with Crippen molar-refractivity contribution in [3.8, 4) is 0 Å². The van der Waals surface area contributed by atoms with Crippen molar-refractivity contribution in [2.45, 2.75) is 26.6 Å². The third kappa shape index (κ3) is 4.83. The van der Waals surface area contributed by atoms with Gasteiger partial charge in [-0.15, -0.1) is 11.3 Å². The first kappa shape index (κ1) is 21.0. The Balaban J connectivity index is 1.72. The minimum atomic E-state index is -4.56. The summed E-state index contributed by atoms with van der Waals surface area (Å²) in [6.45, 7) is 4.19. The maximum Gasteiger partial charge on any atom is 0.418 e. The molecule has 0 spiro atoms. The second kappa shape index (κ2) is 8.34. The average molecular weight is 424 g/mol. The lowest BCUT2D eigenvalue weighted by atomic mass is 10.1. The number of hydrogen-bond donors (Lipinski definition) is 1. The van der Waals surface area contributed by atoms with Crippen LogP contribution in [0.15, 0.2) is 40.5 Å². The minimum Gasteiger partial charge on any atom is -0.324 e. The predicted molar refractivity (Wildman–Crippen MR) is 105 cm³/mol. The van der Waals surface area contributed by atoms with Crippen molar-refractivity contribution in [2.24, 2.45) is 0 Å². The van der Waals surface area contributed by atoms with Crippen LogP contribution >= 0.6 is 11.3 Å². The van der Waals surface area contributed by atoms with Crippen molar-refractivity contribution < 1.29 is 18.0 Å². The van der Waals surface area contributed by atoms with Gasteiger partial charge >= 0.3 is 6.18 Å². The van der Waals surface area contributed by atoms with Gasteiger partial charge in [-0.25, -0.2) is 4.98 Å². The number of rotatable bonds is 6. The number of alkyl halides is 3. The Kier molecular flexibility index (Phi) is 6.04. The molecule has 154 valence electrons. The van der Waals surface area contributed by atoms with Crippen LogP contribution in [0.1, 0.15) is 23.9 Å². The number of carbonyl (C=O) groups excluding carboxylic acids is 1. The summed E-state index contributed by atoms with van der Waals surface area (Å²) in [6, 6.07) is 6.24. The van der Waals surface area contributed by atoms with E-state index in [4.69, 9.17) is 0 Å². The summed E-state index contributed by atoms with van der Waals surface area (Å²) in [7, 11) is 0. The van der Waals surface area contributed by atoms with Crippen LogP contribution in [0, 0.1) is 6.92 Å². The average Bonchev–Trinajstić information content (AvgIpc) is 3.02. The molecule has 0 atom stereocenters. The van der Waals surface area contributed by atoms with E-state index in [1.54, 1.807) is 4.90 Å². The van der Waals surface area contributed by atoms with Crippen LogP contribution in [0.25, 0.3) is 4.96 Å². The maximum atomic E-state index is 13.1. The summed E-state index contributed by atoms with van der Waals surface area (Å²) in [5.41, 5.74) is -0.0906. The third-order valence-electron chi connectivity index (χ3n) is 4.34. The van der Waals surface area contributed by atoms with Crippen molar-refractivity contribution in [1.82, 2.24) is 14.3 Å². The second-order valence-electron chi connectivity index (χ2n) is 6.48. The zero-order chi connectivity index (χ0) is 21.2. The van der Waals surface area contributed by atoms with Crippen LogP contribution in [-0.2, 0) is 17.5 Å². The van der Waals surface area contributed by atoms with Gasteiger partial charge in [0, 0.05) is 23.7 Å². The lowest BCUT2D eigenvalue weighted by Gasteiger charge is -2.20. The number of thiazole rings is 1. The molecule has 0 fully saturated rings. The molecule has 29 heavy (non-hydrogen) atoms. The summed E-state index contributed by atoms with van der Waals surface area (Å²) in [5.74, 6) is -0.576. The van der Waals surface area contributed by atoms with Gasteiger partial charge in [0.1, 0.15) is 0 Å². The molecule has 3 aromatic rings. The highest BCUT2D eigenvalue weighted by Gasteiger charge is 2.33. The molecule has 1 N–H and O–H groups in total. The van der Waals surface area contributed by atoms with Crippen LogP contribution in [0.3, 0.4) is 0 Å². The van der Waals surface area contributed by atoms with Gasteiger partial charge in [-0.3, -0.25) is 18.9 Å². The Morgan fingerprint density at radius 3 is 2.72 bits per heavy atom. The number of carbonyl (C=O) groups is 1. The number of nitrogens with one attached hydrogen (secondary N) is 1. The first-order valence-corrected chi connectivity index (χ1v) is 9.72. The molecule has 0 saturated heterocycles. The molecular formula is C19H19F3N4O2S. The molecule has 2 aromatic heterocycles. The van der Waals surface area contributed by atoms with Gasteiger partial charge in [-0.2, -0.15) is 13.2 Å². The number of halogens is 3. The molecule has 0 bridgehead atoms. The van der Waals surface area contributed by atoms with Crippen LogP contribution in [-0.4, -0.2) is 33.3 Å². The second-order valence-corrected chi connectivity index (χ2v) is 7.31. The van der Waals surface area contributed by atoms with E-state index in [9.17, 15) is 22.8 Å². The minimum absolute atomic E-state index is 0.132. The lowest BCUT2D eigenvalue weighted by Crippen LogP contribution is -2.34. The SMILES string of the molecule is CCN(CC(=O)Nc1ccccc1C(F)(F)F)Cc1cc(=O)n2c(C)csc2n1. The highest BCUT2D eigenvalue weighted by molar-refractivity contribution is 7.15. The topological polar surface area (TPSA) is 66.7 Å². The van der Waals surface area contributed by atoms with E-state index in [-0.39, 0.29) is 24.3 Å². The number of likely N-dealkylation sites (N-methyl/N-ethyl adjacent to an activating group) is 1. The van der Waals surface area contributed by atoms with E-state index in [2.05, 4.69) is 10.3 Å². The molecule has 1 amide bonds. The van der Waals surface area contributed by atoms with E-state index < -0.39 is 17.6 Å². The summed E-state index contributed by atoms with van der Waals surface area (Å²) in [6.07, 6.45) is -4.56. The number of anilines is 1. The number of nitrogens with zero attached hydrogens (tertiary/aromatic N) is 3. The van der Waals surface area contributed by atoms with E-state index in [0.717, 1.165) is 11.8 Å². The Bertz CT molecular complexity index is 1090. The van der Waals surface area contributed by atoms with E-state index in [0.29, 0.717) is 17.2 Å². The van der Waals surface area contributed by atoms with Gasteiger partial charge in [-0.05, 0) is 25.6 Å². The third-order valence-corrected chi connectivity index (χ3v) is 5.28. The number of para-hydroxylation sites is 1. The quantitative estimate of drug-likeness (QED) is 0.657. The van der Waals surface area contributed by atoms with Crippen molar-refractivity contribution >= 4 is 27.9 Å². The van der Waals surface area contributed by atoms with Crippen LogP contribution < -0.4 is 10.9 Å². The predicted octanol–water partition coefficient (Wildman–Crippen LogP) is 3.54. The fraction of sp³-hybridized carbons (Fsp3) is 0.316. The smallest absolute Gasteiger partial charge is 0.324 e. The number of hydrogen-bond acceptors (Lipinski definition) is 5. The summed E-state index contributed by atoms with van der Waals surface area (Å²) < 4.78 is 40.8. The maximum absolute atomic E-state index is 13.1. The summed E-state index contributed by atoms with van der Waals surface area (Å²) in [5, 5.41) is 4.16. The standard InChI is InChI=1S/C19H19F3N4O2S/c1-3-25(9-13-8-17(28)26-12(2)11-29-18(26)23-13)10-16(27)24-15-7-5-4-6-14(15)19(20,21)22/h4-8,11H,3,9-10H2,1-2H3,(H,24,27). The van der Waals surface area contributed by atoms with Gasteiger partial charge in [0.15, 0.2) is 4.96 Å². The Hall–Kier alpha value is -2.72. The normalized spacial score (nSPS) is 11.9. The molecule has 0 saturated carbocycles. The molecule has 0 unspecified atom stereocenters. The molecular weight excluding hydrogens is 405 g/mol. The molecule has 0 aliphatic heterocycles. The Morgan fingerprint density at radius 2 is 2.03 bits per heavy atom. The fourth-order valence-corrected chi connectivity index (χ4v) is 3.81. The number of benzene rings is 1. The number of aromatic nitrogens is 2. The van der Waals surface area contributed by atoms with Crippen LogP contribution in [0.4, 0.5) is 18.9 Å². The summed E-state index contributed by atoms with van der Waals surface area (Å²) >= 11 is 1.34. The van der Waals surface area contributed by atoms with Gasteiger partial charge in [0.05, 0.1) is 23.5 Å². The highest BCUT2D eigenvalue weighted by atomic mass is 32.1. The molecule has 0 aliphatic carbocycles. The monoisotopic (exact) mass is 424 g/mol. The van der Waals surface area contributed by atoms with E-state index in [1.165, 1.54) is 40.0 Å². The van der Waals surface area contributed by atoms with E-state index in [1.807, 2.05) is 19.2 Å². The van der Waals surface area contributed by atoms with Gasteiger partial charge in [-0.1, -0.05) is 19.1 Å². The molecule has 0 radical (unpaired) electrons. The van der Waals surface area contributed by atoms with Gasteiger partial charge < -0.3 is 5.32 Å². The van der Waals surface area contributed by atoms with Gasteiger partial charge in [0.25, 0.3) is 5.56 Å². The molecule has 6 nitrogen and oxygen atoms in total. The van der Waals surface area contributed by atoms with Crippen molar-refractivity contribution in [2.75, 3.05) is 18.4 Å². The molecule has 1 aromatic carbocycles. The molecule has 0 aliphatic rings. The van der Waals surface area contributed by atoms with E-state index >= 15 is 0 Å². The number of aryl methyl sites for hydroxylation is 1. The van der Waals surface area contributed by atoms with Crippen LogP contribution in [0.5, 0.6) is 0 Å². The summed E-state index contributed by atoms with van der Waals surface area (Å²) in [4.78, 5) is 31.3.